The predicted octanol–water partition coefficient (Wildman–Crippen LogP) is 7.15. The first kappa shape index (κ1) is 24.5. The summed E-state index contributed by atoms with van der Waals surface area (Å²) in [5, 5.41) is 1.42. The van der Waals surface area contributed by atoms with E-state index in [0.717, 1.165) is 22.8 Å². The van der Waals surface area contributed by atoms with Crippen molar-refractivity contribution in [3.63, 3.8) is 0 Å². The summed E-state index contributed by atoms with van der Waals surface area (Å²) in [6.45, 7) is 5.45. The number of benzene rings is 1. The average molecular weight is 517 g/mol. The zero-order chi connectivity index (χ0) is 19.1. The first-order chi connectivity index (χ1) is 13.2. The molecule has 3 rings (SSSR count). The molecule has 0 radical (unpaired) electrons. The summed E-state index contributed by atoms with van der Waals surface area (Å²) in [6, 6.07) is 6.63. The van der Waals surface area contributed by atoms with Crippen LogP contribution in [0.1, 0.15) is 78.1 Å². The fraction of sp³-hybridized carbons (Fsp3) is 0.696. The smallest absolute Gasteiger partial charge is 0.126 e. The van der Waals surface area contributed by atoms with Crippen LogP contribution in [-0.4, -0.2) is 24.5 Å². The summed E-state index contributed by atoms with van der Waals surface area (Å²) >= 11 is 6.83. The van der Waals surface area contributed by atoms with E-state index in [4.69, 9.17) is 21.1 Å². The molecule has 0 aliphatic heterocycles. The molecule has 0 heterocycles. The van der Waals surface area contributed by atoms with Crippen LogP contribution in [0.15, 0.2) is 18.2 Å². The van der Waals surface area contributed by atoms with Gasteiger partial charge in [0.25, 0.3) is 0 Å². The molecule has 0 aromatic heterocycles. The second kappa shape index (κ2) is 12.2. The van der Waals surface area contributed by atoms with Gasteiger partial charge in [0.2, 0.25) is 0 Å². The van der Waals surface area contributed by atoms with Gasteiger partial charge in [-0.25, -0.2) is 0 Å². The van der Waals surface area contributed by atoms with Crippen molar-refractivity contribution in [3.05, 3.63) is 23.8 Å². The van der Waals surface area contributed by atoms with Gasteiger partial charge in [-0.2, -0.15) is 0 Å². The van der Waals surface area contributed by atoms with E-state index in [9.17, 15) is 0 Å². The van der Waals surface area contributed by atoms with Crippen LogP contribution in [0.25, 0.3) is 0 Å². The zero-order valence-electron chi connectivity index (χ0n) is 17.4. The Bertz CT molecular complexity index is 544. The monoisotopic (exact) mass is 516 g/mol. The molecule has 2 nitrogen and oxygen atoms in total. The van der Waals surface area contributed by atoms with Crippen molar-refractivity contribution in [1.82, 2.24) is 0 Å². The van der Waals surface area contributed by atoms with Crippen molar-refractivity contribution in [2.75, 3.05) is 13.2 Å². The second-order valence-electron chi connectivity index (χ2n) is 8.04. The van der Waals surface area contributed by atoms with Gasteiger partial charge < -0.3 is 21.1 Å². The molecule has 162 valence electrons. The number of halogens is 1. The first-order valence-electron chi connectivity index (χ1n) is 11.0. The number of rotatable bonds is 8. The molecule has 0 N–H and O–H groups in total. The van der Waals surface area contributed by atoms with Gasteiger partial charge in [-0.3, -0.25) is 0 Å². The molecular weight excluding hydrogens is 481 g/mol. The molecule has 1 aromatic rings. The normalized spacial score (nSPS) is 19.1. The molecule has 0 amide bonds. The summed E-state index contributed by atoms with van der Waals surface area (Å²) in [6.07, 6.45) is 13.5. The fourth-order valence-corrected chi connectivity index (χ4v) is 11.5. The SMILES string of the molecule is CCOc1cc(OCC)cc([P+]([CH-]Cl)(C2CCCCC2)C2CCCCC2)c1.[Pd]. The quantitative estimate of drug-likeness (QED) is 0.207. The second-order valence-corrected chi connectivity index (χ2v) is 12.5. The molecular formula is C23H36ClO2PPd. The van der Waals surface area contributed by atoms with Gasteiger partial charge in [-0.1, -0.05) is 25.7 Å². The minimum absolute atomic E-state index is 0. The van der Waals surface area contributed by atoms with Gasteiger partial charge in [0.1, 0.15) is 11.5 Å². The third-order valence-electron chi connectivity index (χ3n) is 6.45. The van der Waals surface area contributed by atoms with E-state index in [1.54, 1.807) is 0 Å². The maximum Gasteiger partial charge on any atom is 0.126 e. The zero-order valence-corrected chi connectivity index (χ0v) is 20.6. The van der Waals surface area contributed by atoms with Crippen molar-refractivity contribution < 1.29 is 29.9 Å². The van der Waals surface area contributed by atoms with Crippen LogP contribution in [0.5, 0.6) is 11.5 Å². The van der Waals surface area contributed by atoms with Crippen LogP contribution in [0, 0.1) is 5.62 Å². The third-order valence-corrected chi connectivity index (χ3v) is 12.3. The van der Waals surface area contributed by atoms with E-state index in [1.165, 1.54) is 69.5 Å². The van der Waals surface area contributed by atoms with E-state index >= 15 is 0 Å². The fourth-order valence-electron chi connectivity index (χ4n) is 5.23. The summed E-state index contributed by atoms with van der Waals surface area (Å²) < 4.78 is 11.9. The average Bonchev–Trinajstić information content (AvgIpc) is 2.71. The van der Waals surface area contributed by atoms with Gasteiger partial charge in [0.15, 0.2) is 0 Å². The number of hydrogen-bond acceptors (Lipinski definition) is 2. The molecule has 1 aromatic carbocycles. The van der Waals surface area contributed by atoms with E-state index in [0.29, 0.717) is 13.2 Å². The van der Waals surface area contributed by atoms with Crippen LogP contribution in [0.2, 0.25) is 0 Å². The van der Waals surface area contributed by atoms with E-state index in [-0.39, 0.29) is 20.4 Å². The standard InChI is InChI=1S/C23H36ClO2P.Pd/c1-3-25-19-15-20(26-4-2)17-23(16-19)27(18-24,21-11-7-5-8-12-21)22-13-9-6-10-14-22;/h15-18,21-22H,3-14H2,1-2H3;. The molecule has 28 heavy (non-hydrogen) atoms. The van der Waals surface area contributed by atoms with Crippen molar-refractivity contribution in [2.45, 2.75) is 89.4 Å². The predicted molar refractivity (Wildman–Crippen MR) is 119 cm³/mol. The van der Waals surface area contributed by atoms with Gasteiger partial charge in [0.05, 0.1) is 18.5 Å². The summed E-state index contributed by atoms with van der Waals surface area (Å²) in [7, 11) is -1.60. The topological polar surface area (TPSA) is 18.5 Å². The summed E-state index contributed by atoms with van der Waals surface area (Å²) in [5.41, 5.74) is 3.62. The summed E-state index contributed by atoms with van der Waals surface area (Å²) in [4.78, 5) is 0. The van der Waals surface area contributed by atoms with Crippen molar-refractivity contribution >= 4 is 24.2 Å². The largest absolute Gasteiger partial charge is 0.494 e. The minimum Gasteiger partial charge on any atom is -0.494 e. The van der Waals surface area contributed by atoms with Crippen LogP contribution in [0.4, 0.5) is 0 Å². The molecule has 2 fully saturated rings. The van der Waals surface area contributed by atoms with E-state index in [1.807, 2.05) is 19.9 Å². The van der Waals surface area contributed by atoms with Gasteiger partial charge in [-0.15, -0.1) is 0 Å². The minimum atomic E-state index is -1.60. The maximum absolute atomic E-state index is 6.83. The molecule has 0 saturated heterocycles. The van der Waals surface area contributed by atoms with E-state index in [2.05, 4.69) is 17.8 Å². The molecule has 0 spiro atoms. The van der Waals surface area contributed by atoms with Gasteiger partial charge in [-0.05, 0) is 65.2 Å². The Labute approximate surface area is 191 Å². The molecule has 2 saturated carbocycles. The summed E-state index contributed by atoms with van der Waals surface area (Å²) in [5.74, 6) is 1.88. The Morgan fingerprint density at radius 1 is 0.821 bits per heavy atom. The van der Waals surface area contributed by atoms with Gasteiger partial charge in [0, 0.05) is 49.9 Å². The van der Waals surface area contributed by atoms with Crippen molar-refractivity contribution in [3.8, 4) is 11.5 Å². The number of ether oxygens (including phenoxy) is 2. The van der Waals surface area contributed by atoms with Gasteiger partial charge >= 0.3 is 0 Å². The molecule has 0 atom stereocenters. The number of hydrogen-bond donors (Lipinski definition) is 0. The van der Waals surface area contributed by atoms with Crippen LogP contribution < -0.4 is 14.8 Å². The first-order valence-corrected chi connectivity index (χ1v) is 13.4. The Morgan fingerprint density at radius 3 is 1.61 bits per heavy atom. The van der Waals surface area contributed by atoms with Crippen molar-refractivity contribution in [2.24, 2.45) is 0 Å². The Morgan fingerprint density at radius 2 is 1.25 bits per heavy atom. The van der Waals surface area contributed by atoms with Crippen molar-refractivity contribution in [1.29, 1.82) is 0 Å². The van der Waals surface area contributed by atoms with Crippen LogP contribution in [-0.2, 0) is 20.4 Å². The molecule has 0 bridgehead atoms. The molecule has 5 heteroatoms. The maximum atomic E-state index is 6.83. The third kappa shape index (κ3) is 5.46. The van der Waals surface area contributed by atoms with Crippen LogP contribution >= 0.6 is 18.9 Å². The molecule has 2 aliphatic carbocycles. The molecule has 0 unspecified atom stereocenters. The van der Waals surface area contributed by atoms with E-state index < -0.39 is 7.26 Å². The Hall–Kier alpha value is 0.202. The Kier molecular flexibility index (Phi) is 10.6. The van der Waals surface area contributed by atoms with Crippen LogP contribution in [0.3, 0.4) is 0 Å². The Balaban J connectivity index is 0.00000280. The molecule has 2 aliphatic rings.